The van der Waals surface area contributed by atoms with E-state index in [9.17, 15) is 26.4 Å². The smallest absolute Gasteiger partial charge is 0.416 e. The van der Waals surface area contributed by atoms with Gasteiger partial charge in [-0.05, 0) is 40.5 Å². The highest BCUT2D eigenvalue weighted by atomic mass is 79.9. The summed E-state index contributed by atoms with van der Waals surface area (Å²) in [4.78, 5) is 9.74. The van der Waals surface area contributed by atoms with Gasteiger partial charge in [-0.2, -0.15) is 13.2 Å². The maximum Gasteiger partial charge on any atom is 0.416 e. The van der Waals surface area contributed by atoms with E-state index in [-0.39, 0.29) is 23.9 Å². The normalized spacial score (nSPS) is 12.4. The van der Waals surface area contributed by atoms with Crippen molar-refractivity contribution in [2.75, 3.05) is 6.54 Å². The molecule has 118 valence electrons. The third-order valence-corrected chi connectivity index (χ3v) is 4.86. The van der Waals surface area contributed by atoms with Gasteiger partial charge in [-0.25, -0.2) is 13.1 Å². The van der Waals surface area contributed by atoms with E-state index in [4.69, 9.17) is 5.11 Å². The van der Waals surface area contributed by atoms with Crippen LogP contribution < -0.4 is 4.72 Å². The van der Waals surface area contributed by atoms with E-state index in [2.05, 4.69) is 20.7 Å². The Morgan fingerprint density at radius 2 is 1.95 bits per heavy atom. The Hall–Kier alpha value is -1.13. The van der Waals surface area contributed by atoms with Crippen molar-refractivity contribution in [2.45, 2.75) is 23.9 Å². The Balaban J connectivity index is 2.95. The van der Waals surface area contributed by atoms with Crippen molar-refractivity contribution in [3.63, 3.8) is 0 Å². The summed E-state index contributed by atoms with van der Waals surface area (Å²) >= 11 is 2.88. The van der Waals surface area contributed by atoms with Gasteiger partial charge in [0, 0.05) is 17.4 Å². The number of nitrogens with one attached hydrogen (secondary N) is 1. The molecule has 0 aliphatic heterocycles. The molecule has 0 radical (unpaired) electrons. The second kappa shape index (κ2) is 6.75. The minimum atomic E-state index is -4.66. The second-order valence-corrected chi connectivity index (χ2v) is 6.63. The third-order valence-electron chi connectivity index (χ3n) is 2.41. The molecule has 0 aliphatic rings. The van der Waals surface area contributed by atoms with Crippen LogP contribution in [0.3, 0.4) is 0 Å². The van der Waals surface area contributed by atoms with Crippen LogP contribution in [-0.2, 0) is 21.0 Å². The predicted octanol–water partition coefficient (Wildman–Crippen LogP) is 2.61. The van der Waals surface area contributed by atoms with E-state index < -0.39 is 32.6 Å². The van der Waals surface area contributed by atoms with E-state index in [0.717, 1.165) is 12.1 Å². The Labute approximate surface area is 127 Å². The number of rotatable bonds is 6. The molecular weight excluding hydrogens is 379 g/mol. The third kappa shape index (κ3) is 5.29. The van der Waals surface area contributed by atoms with Gasteiger partial charge in [-0.15, -0.1) is 0 Å². The lowest BCUT2D eigenvalue weighted by atomic mass is 10.2. The van der Waals surface area contributed by atoms with Gasteiger partial charge in [0.1, 0.15) is 0 Å². The molecule has 0 spiro atoms. The number of alkyl halides is 3. The summed E-state index contributed by atoms with van der Waals surface area (Å²) in [5.74, 6) is -1.09. The van der Waals surface area contributed by atoms with Gasteiger partial charge < -0.3 is 5.11 Å². The first-order valence-corrected chi connectivity index (χ1v) is 7.90. The average molecular weight is 390 g/mol. The second-order valence-electron chi connectivity index (χ2n) is 4.04. The lowest BCUT2D eigenvalue weighted by molar-refractivity contribution is -0.138. The Morgan fingerprint density at radius 3 is 2.48 bits per heavy atom. The van der Waals surface area contributed by atoms with Crippen molar-refractivity contribution in [2.24, 2.45) is 0 Å². The maximum atomic E-state index is 12.6. The molecule has 1 aromatic carbocycles. The predicted molar refractivity (Wildman–Crippen MR) is 71.2 cm³/mol. The summed E-state index contributed by atoms with van der Waals surface area (Å²) in [6.45, 7) is -0.183. The molecule has 2 N–H and O–H groups in total. The van der Waals surface area contributed by atoms with Crippen LogP contribution in [0.4, 0.5) is 13.2 Å². The maximum absolute atomic E-state index is 12.6. The number of carboxylic acids is 1. The fraction of sp³-hybridized carbons (Fsp3) is 0.364. The van der Waals surface area contributed by atoms with E-state index >= 15 is 0 Å². The van der Waals surface area contributed by atoms with Crippen molar-refractivity contribution < 1.29 is 31.5 Å². The SMILES string of the molecule is O=C(O)CCCNS(=O)(=O)c1cc(C(F)(F)F)ccc1Br. The zero-order valence-corrected chi connectivity index (χ0v) is 12.8. The molecule has 1 rings (SSSR count). The molecule has 21 heavy (non-hydrogen) atoms. The first-order valence-electron chi connectivity index (χ1n) is 5.62. The standard InChI is InChI=1S/C11H11BrF3NO4S/c12-8-4-3-7(11(13,14)15)6-9(8)21(19,20)16-5-1-2-10(17)18/h3-4,6,16H,1-2,5H2,(H,17,18). The van der Waals surface area contributed by atoms with Crippen molar-refractivity contribution in [3.05, 3.63) is 28.2 Å². The molecule has 5 nitrogen and oxygen atoms in total. The molecule has 10 heteroatoms. The number of benzene rings is 1. The first kappa shape index (κ1) is 17.9. The molecular formula is C11H11BrF3NO4S. The number of carboxylic acid groups (broad SMARTS) is 1. The Bertz CT molecular complexity index is 631. The van der Waals surface area contributed by atoms with Crippen molar-refractivity contribution in [1.29, 1.82) is 0 Å². The molecule has 0 fully saturated rings. The fourth-order valence-electron chi connectivity index (χ4n) is 1.41. The summed E-state index contributed by atoms with van der Waals surface area (Å²) in [6, 6.07) is 2.27. The Kier molecular flexibility index (Phi) is 5.76. The largest absolute Gasteiger partial charge is 0.481 e. The van der Waals surface area contributed by atoms with Crippen molar-refractivity contribution in [3.8, 4) is 0 Å². The average Bonchev–Trinajstić information content (AvgIpc) is 2.33. The van der Waals surface area contributed by atoms with Crippen molar-refractivity contribution >= 4 is 31.9 Å². The van der Waals surface area contributed by atoms with Crippen molar-refractivity contribution in [1.82, 2.24) is 4.72 Å². The van der Waals surface area contributed by atoms with E-state index in [1.165, 1.54) is 0 Å². The zero-order chi connectivity index (χ0) is 16.3. The first-order chi connectivity index (χ1) is 9.54. The minimum Gasteiger partial charge on any atom is -0.481 e. The van der Waals surface area contributed by atoms with E-state index in [0.29, 0.717) is 6.07 Å². The number of sulfonamides is 1. The highest BCUT2D eigenvalue weighted by molar-refractivity contribution is 9.10. The Morgan fingerprint density at radius 1 is 1.33 bits per heavy atom. The molecule has 0 aromatic heterocycles. The number of hydrogen-bond donors (Lipinski definition) is 2. The fourth-order valence-corrected chi connectivity index (χ4v) is 3.47. The lowest BCUT2D eigenvalue weighted by Crippen LogP contribution is -2.26. The van der Waals surface area contributed by atoms with Crippen LogP contribution in [0.15, 0.2) is 27.6 Å². The molecule has 0 aliphatic carbocycles. The van der Waals surface area contributed by atoms with Crippen LogP contribution in [0.1, 0.15) is 18.4 Å². The van der Waals surface area contributed by atoms with Crippen LogP contribution in [0.2, 0.25) is 0 Å². The van der Waals surface area contributed by atoms with Gasteiger partial charge in [0.05, 0.1) is 10.5 Å². The van der Waals surface area contributed by atoms with Gasteiger partial charge in [-0.3, -0.25) is 4.79 Å². The monoisotopic (exact) mass is 389 g/mol. The van der Waals surface area contributed by atoms with Gasteiger partial charge in [0.25, 0.3) is 0 Å². The number of aliphatic carboxylic acids is 1. The summed E-state index contributed by atoms with van der Waals surface area (Å²) in [5, 5.41) is 8.42. The highest BCUT2D eigenvalue weighted by Crippen LogP contribution is 2.33. The number of hydrogen-bond acceptors (Lipinski definition) is 3. The van der Waals surface area contributed by atoms with Crippen LogP contribution in [0.25, 0.3) is 0 Å². The van der Waals surface area contributed by atoms with Gasteiger partial charge in [0.15, 0.2) is 0 Å². The molecule has 1 aromatic rings. The minimum absolute atomic E-state index is 0.0127. The molecule has 0 unspecified atom stereocenters. The quantitative estimate of drug-likeness (QED) is 0.732. The molecule has 0 heterocycles. The number of halogens is 4. The summed E-state index contributed by atoms with van der Waals surface area (Å²) < 4.78 is 63.7. The molecule has 0 saturated heterocycles. The molecule has 0 bridgehead atoms. The molecule has 0 saturated carbocycles. The van der Waals surface area contributed by atoms with E-state index in [1.807, 2.05) is 0 Å². The molecule has 0 amide bonds. The van der Waals surface area contributed by atoms with Crippen LogP contribution in [0, 0.1) is 0 Å². The molecule has 0 atom stereocenters. The van der Waals surface area contributed by atoms with Gasteiger partial charge in [0.2, 0.25) is 10.0 Å². The topological polar surface area (TPSA) is 83.5 Å². The summed E-state index contributed by atoms with van der Waals surface area (Å²) in [6.07, 6.45) is -4.87. The van der Waals surface area contributed by atoms with Gasteiger partial charge >= 0.3 is 12.1 Å². The summed E-state index contributed by atoms with van der Waals surface area (Å²) in [7, 11) is -4.16. The highest BCUT2D eigenvalue weighted by Gasteiger charge is 2.32. The summed E-state index contributed by atoms with van der Waals surface area (Å²) in [5.41, 5.74) is -1.09. The van der Waals surface area contributed by atoms with Crippen LogP contribution >= 0.6 is 15.9 Å². The zero-order valence-electron chi connectivity index (χ0n) is 10.4. The van der Waals surface area contributed by atoms with Gasteiger partial charge in [-0.1, -0.05) is 0 Å². The van der Waals surface area contributed by atoms with Crippen LogP contribution in [-0.4, -0.2) is 26.0 Å². The lowest BCUT2D eigenvalue weighted by Gasteiger charge is -2.12. The van der Waals surface area contributed by atoms with E-state index in [1.54, 1.807) is 0 Å². The van der Waals surface area contributed by atoms with Crippen LogP contribution in [0.5, 0.6) is 0 Å². The number of carbonyl (C=O) groups is 1.